The zero-order chi connectivity index (χ0) is 15.3. The highest BCUT2D eigenvalue weighted by Gasteiger charge is 2.26. The van der Waals surface area contributed by atoms with Crippen molar-refractivity contribution in [3.05, 3.63) is 33.9 Å². The molecule has 8 nitrogen and oxygen atoms in total. The van der Waals surface area contributed by atoms with Crippen LogP contribution in [0.25, 0.3) is 0 Å². The second-order valence-corrected chi connectivity index (χ2v) is 5.53. The fraction of sp³-hybridized carbons (Fsp3) is 0.455. The SMILES string of the molecule is COc1ccc(CC(OS(C)(=O)=O)[N+](=O)[O-])cc1OC. The molecule has 0 saturated heterocycles. The summed E-state index contributed by atoms with van der Waals surface area (Å²) in [5, 5.41) is 10.8. The second-order valence-electron chi connectivity index (χ2n) is 3.93. The standard InChI is InChI=1S/C11H15NO7S/c1-17-9-5-4-8(6-10(9)18-2)7-11(12(13)14)19-20(3,15)16/h4-6,11H,7H2,1-3H3. The third-order valence-corrected chi connectivity index (χ3v) is 2.95. The normalized spacial score (nSPS) is 12.8. The van der Waals surface area contributed by atoms with Crippen molar-refractivity contribution in [3.63, 3.8) is 0 Å². The molecule has 1 unspecified atom stereocenters. The molecule has 0 aliphatic rings. The lowest BCUT2D eigenvalue weighted by atomic mass is 10.1. The molecular weight excluding hydrogens is 290 g/mol. The van der Waals surface area contributed by atoms with Crippen LogP contribution in [0.15, 0.2) is 18.2 Å². The summed E-state index contributed by atoms with van der Waals surface area (Å²) in [7, 11) is -1.02. The fourth-order valence-electron chi connectivity index (χ4n) is 1.55. The van der Waals surface area contributed by atoms with E-state index in [9.17, 15) is 18.5 Å². The molecule has 9 heteroatoms. The first-order valence-electron chi connectivity index (χ1n) is 5.49. The van der Waals surface area contributed by atoms with Crippen molar-refractivity contribution >= 4 is 10.1 Å². The van der Waals surface area contributed by atoms with Gasteiger partial charge in [0.15, 0.2) is 11.5 Å². The summed E-state index contributed by atoms with van der Waals surface area (Å²) in [6.07, 6.45) is -1.12. The quantitative estimate of drug-likeness (QED) is 0.318. The van der Waals surface area contributed by atoms with Gasteiger partial charge in [-0.25, -0.2) is 0 Å². The first-order valence-corrected chi connectivity index (χ1v) is 7.31. The maximum Gasteiger partial charge on any atom is 0.333 e. The van der Waals surface area contributed by atoms with E-state index in [2.05, 4.69) is 4.18 Å². The van der Waals surface area contributed by atoms with E-state index >= 15 is 0 Å². The highest BCUT2D eigenvalue weighted by molar-refractivity contribution is 7.86. The first kappa shape index (κ1) is 16.2. The number of ether oxygens (including phenoxy) is 2. The van der Waals surface area contributed by atoms with Gasteiger partial charge in [0.1, 0.15) is 0 Å². The molecule has 0 spiro atoms. The number of benzene rings is 1. The topological polar surface area (TPSA) is 105 Å². The average molecular weight is 305 g/mol. The number of methoxy groups -OCH3 is 2. The van der Waals surface area contributed by atoms with E-state index in [1.165, 1.54) is 20.3 Å². The third-order valence-electron chi connectivity index (χ3n) is 2.38. The minimum atomic E-state index is -3.91. The van der Waals surface area contributed by atoms with Crippen LogP contribution in [-0.2, 0) is 20.7 Å². The zero-order valence-corrected chi connectivity index (χ0v) is 12.0. The summed E-state index contributed by atoms with van der Waals surface area (Å²) in [6.45, 7) is 0. The summed E-state index contributed by atoms with van der Waals surface area (Å²) in [5.74, 6) is 0.865. The number of hydrogen-bond donors (Lipinski definition) is 0. The fourth-order valence-corrected chi connectivity index (χ4v) is 2.10. The van der Waals surface area contributed by atoms with Crippen molar-refractivity contribution in [3.8, 4) is 11.5 Å². The Morgan fingerprint density at radius 1 is 1.25 bits per heavy atom. The van der Waals surface area contributed by atoms with E-state index in [1.54, 1.807) is 12.1 Å². The lowest BCUT2D eigenvalue weighted by Crippen LogP contribution is -2.28. The van der Waals surface area contributed by atoms with Gasteiger partial charge < -0.3 is 9.47 Å². The van der Waals surface area contributed by atoms with Crippen LogP contribution in [0.1, 0.15) is 5.56 Å². The molecule has 0 amide bonds. The molecule has 20 heavy (non-hydrogen) atoms. The Morgan fingerprint density at radius 3 is 2.30 bits per heavy atom. The van der Waals surface area contributed by atoms with E-state index in [0.29, 0.717) is 17.1 Å². The summed E-state index contributed by atoms with van der Waals surface area (Å²) in [4.78, 5) is 10.0. The second kappa shape index (κ2) is 6.53. The monoisotopic (exact) mass is 305 g/mol. The van der Waals surface area contributed by atoms with Crippen LogP contribution in [0.3, 0.4) is 0 Å². The third kappa shape index (κ3) is 4.67. The van der Waals surface area contributed by atoms with Crippen LogP contribution in [0.2, 0.25) is 0 Å². The van der Waals surface area contributed by atoms with Gasteiger partial charge in [0.25, 0.3) is 10.1 Å². The lowest BCUT2D eigenvalue weighted by Gasteiger charge is -2.11. The van der Waals surface area contributed by atoms with E-state index < -0.39 is 21.3 Å². The van der Waals surface area contributed by atoms with Crippen LogP contribution < -0.4 is 9.47 Å². The van der Waals surface area contributed by atoms with Crippen molar-refractivity contribution in [2.24, 2.45) is 0 Å². The molecule has 1 atom stereocenters. The van der Waals surface area contributed by atoms with Crippen molar-refractivity contribution in [1.29, 1.82) is 0 Å². The highest BCUT2D eigenvalue weighted by atomic mass is 32.2. The van der Waals surface area contributed by atoms with E-state index in [4.69, 9.17) is 9.47 Å². The molecule has 0 aromatic heterocycles. The maximum atomic E-state index is 11.0. The van der Waals surface area contributed by atoms with Gasteiger partial charge in [-0.15, -0.1) is 0 Å². The van der Waals surface area contributed by atoms with Crippen LogP contribution >= 0.6 is 0 Å². The molecular formula is C11H15NO7S. The minimum absolute atomic E-state index is 0.208. The van der Waals surface area contributed by atoms with Crippen LogP contribution in [-0.4, -0.2) is 40.0 Å². The molecule has 0 N–H and O–H groups in total. The molecule has 0 saturated carbocycles. The van der Waals surface area contributed by atoms with E-state index in [1.807, 2.05) is 0 Å². The smallest absolute Gasteiger partial charge is 0.333 e. The van der Waals surface area contributed by atoms with Gasteiger partial charge in [-0.3, -0.25) is 10.1 Å². The lowest BCUT2D eigenvalue weighted by molar-refractivity contribution is -0.562. The number of nitrogens with zero attached hydrogens (tertiary/aromatic N) is 1. The summed E-state index contributed by atoms with van der Waals surface area (Å²) < 4.78 is 36.5. The molecule has 0 radical (unpaired) electrons. The molecule has 0 aliphatic carbocycles. The Bertz CT molecular complexity index is 584. The van der Waals surface area contributed by atoms with Crippen LogP contribution in [0, 0.1) is 10.1 Å². The number of hydrogen-bond acceptors (Lipinski definition) is 7. The molecule has 1 rings (SSSR count). The van der Waals surface area contributed by atoms with E-state index in [0.717, 1.165) is 6.26 Å². The van der Waals surface area contributed by atoms with Gasteiger partial charge in [0.05, 0.1) is 31.8 Å². The van der Waals surface area contributed by atoms with Crippen molar-refractivity contribution < 1.29 is 27.0 Å². The molecule has 1 aromatic rings. The Morgan fingerprint density at radius 2 is 1.85 bits per heavy atom. The highest BCUT2D eigenvalue weighted by Crippen LogP contribution is 2.28. The van der Waals surface area contributed by atoms with E-state index in [-0.39, 0.29) is 6.42 Å². The number of rotatable bonds is 7. The average Bonchev–Trinajstić information content (AvgIpc) is 2.36. The van der Waals surface area contributed by atoms with Crippen molar-refractivity contribution in [1.82, 2.24) is 0 Å². The molecule has 112 valence electrons. The van der Waals surface area contributed by atoms with Crippen LogP contribution in [0.4, 0.5) is 0 Å². The predicted octanol–water partition coefficient (Wildman–Crippen LogP) is 0.825. The van der Waals surface area contributed by atoms with Gasteiger partial charge in [-0.05, 0) is 17.7 Å². The van der Waals surface area contributed by atoms with Gasteiger partial charge in [-0.1, -0.05) is 6.07 Å². The molecule has 0 aliphatic heterocycles. The van der Waals surface area contributed by atoms with Crippen molar-refractivity contribution in [2.75, 3.05) is 20.5 Å². The molecule has 0 heterocycles. The first-order chi connectivity index (χ1) is 9.26. The molecule has 1 aromatic carbocycles. The Balaban J connectivity index is 2.97. The van der Waals surface area contributed by atoms with Gasteiger partial charge >= 0.3 is 6.23 Å². The summed E-state index contributed by atoms with van der Waals surface area (Å²) in [5.41, 5.74) is 0.494. The Labute approximate surface area is 116 Å². The minimum Gasteiger partial charge on any atom is -0.493 e. The molecule has 0 bridgehead atoms. The number of nitro groups is 1. The largest absolute Gasteiger partial charge is 0.493 e. The zero-order valence-electron chi connectivity index (χ0n) is 11.2. The van der Waals surface area contributed by atoms with Crippen LogP contribution in [0.5, 0.6) is 11.5 Å². The van der Waals surface area contributed by atoms with Crippen molar-refractivity contribution in [2.45, 2.75) is 12.6 Å². The maximum absolute atomic E-state index is 11.0. The Hall–Kier alpha value is -1.87. The summed E-state index contributed by atoms with van der Waals surface area (Å²) in [6, 6.07) is 4.68. The van der Waals surface area contributed by atoms with Gasteiger partial charge in [0, 0.05) is 0 Å². The van der Waals surface area contributed by atoms with Gasteiger partial charge in [0.2, 0.25) is 0 Å². The predicted molar refractivity (Wildman–Crippen MR) is 70.0 cm³/mol. The summed E-state index contributed by atoms with van der Waals surface area (Å²) >= 11 is 0. The molecule has 0 fully saturated rings. The Kier molecular flexibility index (Phi) is 5.28. The van der Waals surface area contributed by atoms with Gasteiger partial charge in [-0.2, -0.15) is 12.6 Å².